The highest BCUT2D eigenvalue weighted by molar-refractivity contribution is 7.99. The highest BCUT2D eigenvalue weighted by Crippen LogP contribution is 2.37. The Bertz CT molecular complexity index is 237. The predicted molar refractivity (Wildman–Crippen MR) is 71.6 cm³/mol. The van der Waals surface area contributed by atoms with Crippen molar-refractivity contribution in [2.75, 3.05) is 18.6 Å². The molecule has 0 aromatic rings. The molecule has 1 saturated carbocycles. The van der Waals surface area contributed by atoms with Crippen LogP contribution in [0.1, 0.15) is 45.4 Å². The third kappa shape index (κ3) is 3.40. The van der Waals surface area contributed by atoms with Gasteiger partial charge in [0.05, 0.1) is 6.07 Å². The van der Waals surface area contributed by atoms with Crippen molar-refractivity contribution in [2.24, 2.45) is 5.92 Å². The van der Waals surface area contributed by atoms with Crippen LogP contribution >= 0.6 is 11.8 Å². The minimum Gasteiger partial charge on any atom is -0.302 e. The van der Waals surface area contributed by atoms with Crippen LogP contribution in [0, 0.1) is 17.2 Å². The topological polar surface area (TPSA) is 35.8 Å². The summed E-state index contributed by atoms with van der Waals surface area (Å²) in [6, 6.07) is 2.51. The molecule has 0 aromatic carbocycles. The molecule has 0 spiro atoms. The number of hydrogen-bond acceptors (Lipinski definition) is 3. The van der Waals surface area contributed by atoms with Crippen molar-refractivity contribution in [1.29, 1.82) is 5.26 Å². The zero-order valence-electron chi connectivity index (χ0n) is 10.6. The van der Waals surface area contributed by atoms with Gasteiger partial charge in [0.2, 0.25) is 0 Å². The summed E-state index contributed by atoms with van der Waals surface area (Å²) in [4.78, 5) is 0. The molecule has 0 bridgehead atoms. The average Bonchev–Trinajstić information content (AvgIpc) is 2.72. The lowest BCUT2D eigenvalue weighted by atomic mass is 9.87. The van der Waals surface area contributed by atoms with Gasteiger partial charge in [0.15, 0.2) is 0 Å². The summed E-state index contributed by atoms with van der Waals surface area (Å²) in [7, 11) is 1.94. The molecule has 0 amide bonds. The largest absolute Gasteiger partial charge is 0.302 e. The number of rotatable bonds is 7. The maximum atomic E-state index is 9.31. The van der Waals surface area contributed by atoms with E-state index in [1.54, 1.807) is 0 Å². The Hall–Kier alpha value is -0.200. The van der Waals surface area contributed by atoms with Gasteiger partial charge in [-0.25, -0.2) is 0 Å². The van der Waals surface area contributed by atoms with Crippen molar-refractivity contribution in [2.45, 2.75) is 51.0 Å². The van der Waals surface area contributed by atoms with Crippen LogP contribution < -0.4 is 5.32 Å². The van der Waals surface area contributed by atoms with E-state index in [1.807, 2.05) is 18.8 Å². The second-order valence-corrected chi connectivity index (χ2v) is 5.90. The normalized spacial score (nSPS) is 29.2. The van der Waals surface area contributed by atoms with Crippen LogP contribution in [0.4, 0.5) is 0 Å². The van der Waals surface area contributed by atoms with E-state index in [9.17, 15) is 5.26 Å². The summed E-state index contributed by atoms with van der Waals surface area (Å²) < 4.78 is 0. The van der Waals surface area contributed by atoms with Crippen molar-refractivity contribution >= 4 is 11.8 Å². The highest BCUT2D eigenvalue weighted by atomic mass is 32.2. The number of nitriles is 1. The van der Waals surface area contributed by atoms with Crippen molar-refractivity contribution in [1.82, 2.24) is 5.32 Å². The summed E-state index contributed by atoms with van der Waals surface area (Å²) >= 11 is 2.05. The molecule has 0 saturated heterocycles. The van der Waals surface area contributed by atoms with Gasteiger partial charge in [-0.15, -0.1) is 0 Å². The minimum atomic E-state index is -0.217. The van der Waals surface area contributed by atoms with Gasteiger partial charge < -0.3 is 5.32 Å². The number of nitrogens with zero attached hydrogens (tertiary/aromatic N) is 1. The first-order valence-corrected chi connectivity index (χ1v) is 7.62. The summed E-state index contributed by atoms with van der Waals surface area (Å²) in [5, 5.41) is 12.6. The fraction of sp³-hybridized carbons (Fsp3) is 0.923. The molecule has 92 valence electrons. The molecular weight excluding hydrogens is 216 g/mol. The van der Waals surface area contributed by atoms with E-state index in [0.717, 1.165) is 6.42 Å². The van der Waals surface area contributed by atoms with Gasteiger partial charge in [-0.1, -0.05) is 19.8 Å². The van der Waals surface area contributed by atoms with E-state index >= 15 is 0 Å². The van der Waals surface area contributed by atoms with Gasteiger partial charge >= 0.3 is 0 Å². The van der Waals surface area contributed by atoms with Crippen LogP contribution in [0.3, 0.4) is 0 Å². The second kappa shape index (κ2) is 7.19. The fourth-order valence-corrected chi connectivity index (χ4v) is 3.72. The van der Waals surface area contributed by atoms with E-state index in [4.69, 9.17) is 0 Å². The first-order valence-electron chi connectivity index (χ1n) is 6.47. The molecule has 2 nitrogen and oxygen atoms in total. The monoisotopic (exact) mass is 240 g/mol. The average molecular weight is 240 g/mol. The zero-order chi connectivity index (χ0) is 11.9. The zero-order valence-corrected chi connectivity index (χ0v) is 11.4. The standard InChI is InChI=1S/C13H24N2S/c1-3-4-9-16-10-7-12-6-5-8-13(12,11-14)15-2/h12,15H,3-10H2,1-2H3. The molecule has 1 fully saturated rings. The molecule has 3 heteroatoms. The summed E-state index contributed by atoms with van der Waals surface area (Å²) in [5.74, 6) is 3.06. The first kappa shape index (κ1) is 13.9. The van der Waals surface area contributed by atoms with Gasteiger partial charge in [-0.2, -0.15) is 17.0 Å². The van der Waals surface area contributed by atoms with E-state index in [0.29, 0.717) is 5.92 Å². The Morgan fingerprint density at radius 2 is 2.31 bits per heavy atom. The molecule has 2 unspecified atom stereocenters. The fourth-order valence-electron chi connectivity index (χ4n) is 2.57. The molecule has 0 heterocycles. The lowest BCUT2D eigenvalue weighted by Gasteiger charge is -2.28. The Morgan fingerprint density at radius 3 is 2.94 bits per heavy atom. The van der Waals surface area contributed by atoms with Gasteiger partial charge in [0, 0.05) is 0 Å². The van der Waals surface area contributed by atoms with Crippen molar-refractivity contribution in [3.8, 4) is 6.07 Å². The summed E-state index contributed by atoms with van der Waals surface area (Å²) in [6.07, 6.45) is 7.27. The molecule has 0 aromatic heterocycles. The van der Waals surface area contributed by atoms with Crippen LogP contribution in [-0.2, 0) is 0 Å². The molecule has 1 aliphatic carbocycles. The maximum Gasteiger partial charge on any atom is 0.109 e. The van der Waals surface area contributed by atoms with Gasteiger partial charge in [0.1, 0.15) is 5.54 Å². The van der Waals surface area contributed by atoms with Crippen molar-refractivity contribution < 1.29 is 0 Å². The molecule has 1 aliphatic rings. The predicted octanol–water partition coefficient (Wildman–Crippen LogP) is 3.19. The Kier molecular flexibility index (Phi) is 6.23. The number of nitrogens with one attached hydrogen (secondary N) is 1. The van der Waals surface area contributed by atoms with Crippen LogP contribution in [0.15, 0.2) is 0 Å². The van der Waals surface area contributed by atoms with Gasteiger partial charge in [-0.05, 0) is 50.2 Å². The minimum absolute atomic E-state index is 0.217. The third-order valence-electron chi connectivity index (χ3n) is 3.72. The highest BCUT2D eigenvalue weighted by Gasteiger charge is 2.41. The van der Waals surface area contributed by atoms with Gasteiger partial charge in [0.25, 0.3) is 0 Å². The molecule has 2 atom stereocenters. The molecule has 16 heavy (non-hydrogen) atoms. The Morgan fingerprint density at radius 1 is 1.50 bits per heavy atom. The van der Waals surface area contributed by atoms with Crippen LogP contribution in [-0.4, -0.2) is 24.1 Å². The number of thioether (sulfide) groups is 1. The van der Waals surface area contributed by atoms with Gasteiger partial charge in [-0.3, -0.25) is 0 Å². The summed E-state index contributed by atoms with van der Waals surface area (Å²) in [5.41, 5.74) is -0.217. The third-order valence-corrected chi connectivity index (χ3v) is 4.82. The molecule has 1 N–H and O–H groups in total. The Balaban J connectivity index is 2.28. The van der Waals surface area contributed by atoms with E-state index in [1.165, 1.54) is 43.6 Å². The lowest BCUT2D eigenvalue weighted by Crippen LogP contribution is -2.44. The second-order valence-electron chi connectivity index (χ2n) is 4.68. The van der Waals surface area contributed by atoms with E-state index < -0.39 is 0 Å². The SMILES string of the molecule is CCCCSCCC1CCCC1(C#N)NC. The molecule has 0 aliphatic heterocycles. The molecule has 0 radical (unpaired) electrons. The molecular formula is C13H24N2S. The number of hydrogen-bond donors (Lipinski definition) is 1. The van der Waals surface area contributed by atoms with Crippen LogP contribution in [0.5, 0.6) is 0 Å². The lowest BCUT2D eigenvalue weighted by molar-refractivity contribution is 0.332. The number of unbranched alkanes of at least 4 members (excludes halogenated alkanes) is 1. The summed E-state index contributed by atoms with van der Waals surface area (Å²) in [6.45, 7) is 2.24. The van der Waals surface area contributed by atoms with Crippen LogP contribution in [0.2, 0.25) is 0 Å². The van der Waals surface area contributed by atoms with Crippen molar-refractivity contribution in [3.05, 3.63) is 0 Å². The van der Waals surface area contributed by atoms with Crippen molar-refractivity contribution in [3.63, 3.8) is 0 Å². The molecule has 1 rings (SSSR count). The van der Waals surface area contributed by atoms with E-state index in [-0.39, 0.29) is 5.54 Å². The maximum absolute atomic E-state index is 9.31. The smallest absolute Gasteiger partial charge is 0.109 e. The first-order chi connectivity index (χ1) is 7.79. The van der Waals surface area contributed by atoms with E-state index in [2.05, 4.69) is 18.3 Å². The quantitative estimate of drug-likeness (QED) is 0.694. The van der Waals surface area contributed by atoms with Crippen LogP contribution in [0.25, 0.3) is 0 Å². The Labute approximate surface area is 104 Å².